The first kappa shape index (κ1) is 1.34. The molecule has 0 heterocycles. The van der Waals surface area contributed by atoms with E-state index in [2.05, 4.69) is 5.73 Å². The van der Waals surface area contributed by atoms with Crippen LogP contribution in [0.2, 0.25) is 0 Å². The third-order valence-electron chi connectivity index (χ3n) is 0.498. The number of rotatable bonds is 7. The molecular formula is C9H19NO. The molecule has 0 radical (unpaired) electrons. The molecule has 11 heavy (non-hydrogen) atoms. The Morgan fingerprint density at radius 3 is 2.64 bits per heavy atom. The van der Waals surface area contributed by atoms with Crippen LogP contribution in [0.15, 0.2) is 0 Å². The molecule has 0 atom stereocenters. The number of amides is 1. The van der Waals surface area contributed by atoms with Crippen LogP contribution in [0.5, 0.6) is 0 Å². The number of hydrogen-bond acceptors (Lipinski definition) is 1. The minimum atomic E-state index is -4.39. The monoisotopic (exact) mass is 174 g/mol. The lowest BCUT2D eigenvalue weighted by Crippen LogP contribution is -2.09. The molecule has 0 aromatic heterocycles. The van der Waals surface area contributed by atoms with Crippen LogP contribution in [0.25, 0.3) is 0 Å². The van der Waals surface area contributed by atoms with Crippen molar-refractivity contribution in [2.75, 3.05) is 0 Å². The molecule has 2 heteroatoms. The topological polar surface area (TPSA) is 43.1 Å². The van der Waals surface area contributed by atoms with E-state index < -0.39 is 57.4 Å². The van der Waals surface area contributed by atoms with E-state index in [1.54, 1.807) is 0 Å². The van der Waals surface area contributed by atoms with Gasteiger partial charge in [0.05, 0.1) is 0 Å². The average Bonchev–Trinajstić information content (AvgIpc) is 2.44. The summed E-state index contributed by atoms with van der Waals surface area (Å²) in [6.45, 7) is -3.83. The van der Waals surface area contributed by atoms with Crippen molar-refractivity contribution in [3.63, 3.8) is 0 Å². The predicted octanol–water partition coefficient (Wildman–Crippen LogP) is 2.22. The van der Waals surface area contributed by atoms with Crippen LogP contribution < -0.4 is 5.73 Å². The second-order valence-electron chi connectivity index (χ2n) is 1.24. The summed E-state index contributed by atoms with van der Waals surface area (Å²) in [5, 5.41) is 0. The van der Waals surface area contributed by atoms with E-state index in [0.717, 1.165) is 0 Å². The van der Waals surface area contributed by atoms with Gasteiger partial charge in [-0.25, -0.2) is 0 Å². The van der Waals surface area contributed by atoms with Crippen LogP contribution in [0.4, 0.5) is 0 Å². The maximum absolute atomic E-state index is 11.2. The highest BCUT2D eigenvalue weighted by atomic mass is 16.1. The molecule has 0 rings (SSSR count). The van der Waals surface area contributed by atoms with Gasteiger partial charge in [0.25, 0.3) is 0 Å². The number of carbonyl (C=O) groups excluding carboxylic acids is 1. The standard InChI is InChI=1S/C9H19NO/c1-2-3-4-5-6-7-8-9(10)11/h2-8H2,1H3,(H2,10,11)/i1D3,2D2,3D2,4D2,5D2,6D2,7D2,8D2. The maximum atomic E-state index is 11.2. The van der Waals surface area contributed by atoms with Gasteiger partial charge in [0, 0.05) is 29.7 Å². The summed E-state index contributed by atoms with van der Waals surface area (Å²) in [6.07, 6.45) is -29.5. The van der Waals surface area contributed by atoms with Crippen molar-refractivity contribution in [1.29, 1.82) is 0 Å². The zero-order valence-electron chi connectivity index (χ0n) is 22.5. The number of carbonyl (C=O) groups is 1. The molecule has 0 aliphatic heterocycles. The lowest BCUT2D eigenvalue weighted by Gasteiger charge is -1.97. The van der Waals surface area contributed by atoms with Crippen LogP contribution in [0.3, 0.4) is 0 Å². The van der Waals surface area contributed by atoms with Crippen LogP contribution in [0, 0.1) is 0 Å². The molecule has 0 unspecified atom stereocenters. The second-order valence-corrected chi connectivity index (χ2v) is 1.24. The van der Waals surface area contributed by atoms with Gasteiger partial charge in [-0.05, 0) is 6.37 Å². The summed E-state index contributed by atoms with van der Waals surface area (Å²) >= 11 is 0. The molecule has 66 valence electrons. The average molecular weight is 174 g/mol. The number of hydrogen-bond donors (Lipinski definition) is 1. The zero-order valence-corrected chi connectivity index (χ0v) is 5.49. The molecule has 2 nitrogen and oxygen atoms in total. The summed E-state index contributed by atoms with van der Waals surface area (Å²) in [6, 6.07) is 0. The Labute approximate surface area is 93.0 Å². The van der Waals surface area contributed by atoms with Crippen LogP contribution in [-0.4, -0.2) is 5.91 Å². The SMILES string of the molecule is [2H]C([2H])([2H])C([2H])([2H])C([2H])([2H])C([2H])([2H])C([2H])([2H])C([2H])([2H])C([2H])([2H])C([2H])([2H])C(N)=O. The highest BCUT2D eigenvalue weighted by molar-refractivity contribution is 5.73. The molecule has 1 amide bonds. The van der Waals surface area contributed by atoms with Crippen LogP contribution >= 0.6 is 0 Å². The highest BCUT2D eigenvalue weighted by Gasteiger charge is 1.93. The summed E-state index contributed by atoms with van der Waals surface area (Å²) in [4.78, 5) is 11.2. The third-order valence-corrected chi connectivity index (χ3v) is 0.498. The van der Waals surface area contributed by atoms with E-state index >= 15 is 0 Å². The summed E-state index contributed by atoms with van der Waals surface area (Å²) in [5.41, 5.74) is 4.67. The Kier molecular flexibility index (Phi) is 0.923. The van der Waals surface area contributed by atoms with Gasteiger partial charge in [-0.2, -0.15) is 0 Å². The zero-order chi connectivity index (χ0) is 23.6. The lowest BCUT2D eigenvalue weighted by molar-refractivity contribution is -0.118. The summed E-state index contributed by atoms with van der Waals surface area (Å²) in [5.74, 6) is -2.06. The fraction of sp³-hybridized carbons (Fsp3) is 0.889. The highest BCUT2D eigenvalue weighted by Crippen LogP contribution is 2.05. The molecule has 0 fully saturated rings. The van der Waals surface area contributed by atoms with Gasteiger partial charge in [-0.15, -0.1) is 0 Å². The molecule has 0 bridgehead atoms. The third kappa shape index (κ3) is 9.47. The van der Waals surface area contributed by atoms with E-state index in [1.165, 1.54) is 0 Å². The largest absolute Gasteiger partial charge is 0.370 e. The van der Waals surface area contributed by atoms with Crippen molar-refractivity contribution in [2.45, 2.75) is 51.5 Å². The normalized spacial score (nSPS) is 43.1. The molecule has 0 spiro atoms. The van der Waals surface area contributed by atoms with Crippen LogP contribution in [-0.2, 0) is 4.79 Å². The molecule has 0 saturated heterocycles. The molecule has 0 aliphatic rings. The molecule has 0 saturated carbocycles. The van der Waals surface area contributed by atoms with E-state index in [1.807, 2.05) is 0 Å². The van der Waals surface area contributed by atoms with Crippen molar-refractivity contribution in [3.8, 4) is 0 Å². The number of primary amides is 1. The van der Waals surface area contributed by atoms with Crippen LogP contribution in [0.1, 0.15) is 74.8 Å². The Bertz CT molecular complexity index is 617. The van der Waals surface area contributed by atoms with Crippen molar-refractivity contribution < 1.29 is 28.1 Å². The predicted molar refractivity (Wildman–Crippen MR) is 47.2 cm³/mol. The quantitative estimate of drug-likeness (QED) is 0.632. The second kappa shape index (κ2) is 7.58. The lowest BCUT2D eigenvalue weighted by atomic mass is 10.1. The maximum Gasteiger partial charge on any atom is 0.217 e. The molecule has 2 N–H and O–H groups in total. The van der Waals surface area contributed by atoms with Gasteiger partial charge in [0.1, 0.15) is 0 Å². The van der Waals surface area contributed by atoms with Gasteiger partial charge in [-0.1, -0.05) is 38.7 Å². The first-order chi connectivity index (χ1) is 11.7. The first-order valence-electron chi connectivity index (χ1n) is 11.0. The number of nitrogens with two attached hydrogens (primary N) is 1. The van der Waals surface area contributed by atoms with E-state index in [-0.39, 0.29) is 0 Å². The molecule has 0 aromatic rings. The van der Waals surface area contributed by atoms with E-state index in [4.69, 9.17) is 23.3 Å². The Morgan fingerprint density at radius 2 is 2.00 bits per heavy atom. The molecular weight excluding hydrogens is 138 g/mol. The first-order valence-corrected chi connectivity index (χ1v) is 2.49. The fourth-order valence-corrected chi connectivity index (χ4v) is 0.218. The van der Waals surface area contributed by atoms with E-state index in [0.29, 0.717) is 0 Å². The fourth-order valence-electron chi connectivity index (χ4n) is 0.218. The summed E-state index contributed by atoms with van der Waals surface area (Å²) < 4.78 is 127. The Balaban J connectivity index is 6.76. The van der Waals surface area contributed by atoms with Gasteiger partial charge >= 0.3 is 0 Å². The minimum Gasteiger partial charge on any atom is -0.370 e. The minimum absolute atomic E-state index is 2.06. The summed E-state index contributed by atoms with van der Waals surface area (Å²) in [7, 11) is 0. The van der Waals surface area contributed by atoms with Crippen molar-refractivity contribution >= 4 is 5.91 Å². The van der Waals surface area contributed by atoms with Crippen molar-refractivity contribution in [1.82, 2.24) is 0 Å². The van der Waals surface area contributed by atoms with Gasteiger partial charge in [-0.3, -0.25) is 4.79 Å². The molecule has 0 aliphatic carbocycles. The van der Waals surface area contributed by atoms with Crippen molar-refractivity contribution in [3.05, 3.63) is 0 Å². The van der Waals surface area contributed by atoms with Crippen molar-refractivity contribution in [2.24, 2.45) is 5.73 Å². The molecule has 0 aromatic carbocycles. The van der Waals surface area contributed by atoms with Gasteiger partial charge in [0.2, 0.25) is 5.91 Å². The Morgan fingerprint density at radius 1 is 1.36 bits per heavy atom. The van der Waals surface area contributed by atoms with Gasteiger partial charge in [0.15, 0.2) is 0 Å². The Hall–Kier alpha value is -0.530. The van der Waals surface area contributed by atoms with Gasteiger partial charge < -0.3 is 5.73 Å². The smallest absolute Gasteiger partial charge is 0.217 e. The van der Waals surface area contributed by atoms with E-state index in [9.17, 15) is 4.79 Å².